The Kier molecular flexibility index (Phi) is 3.19. The van der Waals surface area contributed by atoms with Crippen molar-refractivity contribution in [1.82, 2.24) is 0 Å². The Morgan fingerprint density at radius 1 is 0.706 bits per heavy atom. The quantitative estimate of drug-likeness (QED) is 0.607. The predicted octanol–water partition coefficient (Wildman–Crippen LogP) is 2.99. The van der Waals surface area contributed by atoms with Gasteiger partial charge in [0, 0.05) is 0 Å². The van der Waals surface area contributed by atoms with Crippen LogP contribution in [0.2, 0.25) is 0 Å². The highest BCUT2D eigenvalue weighted by Gasteiger charge is 1.93. The molecular weight excluding hydrogens is 212 g/mol. The molecule has 17 heavy (non-hydrogen) atoms. The number of hydrogen-bond acceptors (Lipinski definition) is 4. The van der Waals surface area contributed by atoms with Crippen molar-refractivity contribution in [1.29, 1.82) is 0 Å². The van der Waals surface area contributed by atoms with E-state index in [1.54, 1.807) is 24.3 Å². The van der Waals surface area contributed by atoms with Crippen LogP contribution in [0.4, 0.5) is 22.7 Å². The number of hydrogen-bond donors (Lipinski definition) is 2. The lowest BCUT2D eigenvalue weighted by Gasteiger charge is -1.96. The van der Waals surface area contributed by atoms with Gasteiger partial charge in [-0.1, -0.05) is 24.3 Å². The number of anilines is 2. The van der Waals surface area contributed by atoms with Gasteiger partial charge in [0.25, 0.3) is 0 Å². The van der Waals surface area contributed by atoms with Crippen LogP contribution in [0.25, 0.3) is 0 Å². The molecule has 0 spiro atoms. The van der Waals surface area contributed by atoms with E-state index in [1.165, 1.54) is 0 Å². The molecule has 84 valence electrons. The highest BCUT2D eigenvalue weighted by molar-refractivity contribution is 5.70. The Hall–Kier alpha value is -2.58. The summed E-state index contributed by atoms with van der Waals surface area (Å²) < 4.78 is 0. The van der Waals surface area contributed by atoms with Crippen LogP contribution in [0.3, 0.4) is 0 Å². The molecule has 0 aliphatic rings. The van der Waals surface area contributed by atoms with Crippen molar-refractivity contribution in [2.75, 3.05) is 11.5 Å². The van der Waals surface area contributed by atoms with Gasteiger partial charge in [0.1, 0.15) is 6.01 Å². The SMILES string of the molecule is Nc1ccccc1N=C=Nc1ccccc1N. The summed E-state index contributed by atoms with van der Waals surface area (Å²) in [6.07, 6.45) is 0. The number of nitrogens with zero attached hydrogens (tertiary/aromatic N) is 2. The van der Waals surface area contributed by atoms with E-state index in [2.05, 4.69) is 16.0 Å². The van der Waals surface area contributed by atoms with E-state index in [-0.39, 0.29) is 0 Å². The number of benzene rings is 2. The van der Waals surface area contributed by atoms with E-state index in [4.69, 9.17) is 11.5 Å². The molecular formula is C13H12N4. The van der Waals surface area contributed by atoms with E-state index in [9.17, 15) is 0 Å². The normalized spacial score (nSPS) is 9.41. The van der Waals surface area contributed by atoms with Crippen molar-refractivity contribution < 1.29 is 0 Å². The van der Waals surface area contributed by atoms with Gasteiger partial charge in [0.15, 0.2) is 0 Å². The molecule has 2 aromatic rings. The van der Waals surface area contributed by atoms with Gasteiger partial charge < -0.3 is 11.5 Å². The average molecular weight is 224 g/mol. The largest absolute Gasteiger partial charge is 0.397 e. The Balaban J connectivity index is 2.28. The Morgan fingerprint density at radius 3 is 1.53 bits per heavy atom. The summed E-state index contributed by atoms with van der Waals surface area (Å²) in [6.45, 7) is 0. The smallest absolute Gasteiger partial charge is 0.101 e. The number of nitrogens with two attached hydrogens (primary N) is 2. The molecule has 4 heteroatoms. The van der Waals surface area contributed by atoms with Crippen molar-refractivity contribution in [3.63, 3.8) is 0 Å². The van der Waals surface area contributed by atoms with Crippen molar-refractivity contribution >= 4 is 28.8 Å². The first-order chi connectivity index (χ1) is 8.27. The van der Waals surface area contributed by atoms with Crippen molar-refractivity contribution in [2.24, 2.45) is 9.98 Å². The van der Waals surface area contributed by atoms with Crippen LogP contribution in [0.15, 0.2) is 58.5 Å². The average Bonchev–Trinajstić information content (AvgIpc) is 2.34. The first kappa shape index (κ1) is 10.9. The van der Waals surface area contributed by atoms with Crippen molar-refractivity contribution in [2.45, 2.75) is 0 Å². The van der Waals surface area contributed by atoms with Crippen LogP contribution in [0.1, 0.15) is 0 Å². The highest BCUT2D eigenvalue weighted by Crippen LogP contribution is 2.21. The summed E-state index contributed by atoms with van der Waals surface area (Å²) in [4.78, 5) is 8.09. The summed E-state index contributed by atoms with van der Waals surface area (Å²) in [5.41, 5.74) is 13.9. The molecule has 0 unspecified atom stereocenters. The highest BCUT2D eigenvalue weighted by atomic mass is 14.8. The van der Waals surface area contributed by atoms with Crippen LogP contribution in [-0.4, -0.2) is 6.01 Å². The maximum absolute atomic E-state index is 5.73. The van der Waals surface area contributed by atoms with Gasteiger partial charge in [-0.2, -0.15) is 9.98 Å². The molecule has 2 aromatic carbocycles. The number of nitrogen functional groups attached to an aromatic ring is 2. The Labute approximate surface area is 99.3 Å². The molecule has 0 radical (unpaired) electrons. The van der Waals surface area contributed by atoms with Gasteiger partial charge >= 0.3 is 0 Å². The molecule has 0 saturated carbocycles. The maximum atomic E-state index is 5.73. The lowest BCUT2D eigenvalue weighted by atomic mass is 10.3. The van der Waals surface area contributed by atoms with Gasteiger partial charge in [-0.15, -0.1) is 0 Å². The summed E-state index contributed by atoms with van der Waals surface area (Å²) in [5.74, 6) is 0. The van der Waals surface area contributed by atoms with E-state index < -0.39 is 0 Å². The molecule has 0 aliphatic heterocycles. The molecule has 0 saturated heterocycles. The lowest BCUT2D eigenvalue weighted by Crippen LogP contribution is -1.84. The zero-order valence-corrected chi connectivity index (χ0v) is 9.17. The molecule has 0 amide bonds. The fraction of sp³-hybridized carbons (Fsp3) is 0. The van der Waals surface area contributed by atoms with E-state index in [0.29, 0.717) is 22.7 Å². The fourth-order valence-corrected chi connectivity index (χ4v) is 1.31. The summed E-state index contributed by atoms with van der Waals surface area (Å²) in [5, 5.41) is 0. The molecule has 4 N–H and O–H groups in total. The van der Waals surface area contributed by atoms with Gasteiger partial charge in [-0.3, -0.25) is 0 Å². The molecule has 0 heterocycles. The fourth-order valence-electron chi connectivity index (χ4n) is 1.31. The van der Waals surface area contributed by atoms with Gasteiger partial charge in [0.2, 0.25) is 0 Å². The third-order valence-electron chi connectivity index (χ3n) is 2.21. The summed E-state index contributed by atoms with van der Waals surface area (Å²) in [6, 6.07) is 17.1. The van der Waals surface area contributed by atoms with Gasteiger partial charge in [0.05, 0.1) is 22.7 Å². The van der Waals surface area contributed by atoms with Gasteiger partial charge in [-0.05, 0) is 24.3 Å². The molecule has 2 rings (SSSR count). The second kappa shape index (κ2) is 4.96. The minimum Gasteiger partial charge on any atom is -0.397 e. The predicted molar refractivity (Wildman–Crippen MR) is 70.9 cm³/mol. The zero-order valence-electron chi connectivity index (χ0n) is 9.17. The first-order valence-corrected chi connectivity index (χ1v) is 5.13. The van der Waals surface area contributed by atoms with Crippen LogP contribution in [0, 0.1) is 0 Å². The van der Waals surface area contributed by atoms with E-state index in [1.807, 2.05) is 24.3 Å². The molecule has 0 fully saturated rings. The third-order valence-corrected chi connectivity index (χ3v) is 2.21. The minimum atomic E-state index is 0.594. The van der Waals surface area contributed by atoms with E-state index in [0.717, 1.165) is 0 Å². The summed E-state index contributed by atoms with van der Waals surface area (Å²) >= 11 is 0. The Bertz CT molecular complexity index is 534. The molecule has 0 aromatic heterocycles. The maximum Gasteiger partial charge on any atom is 0.101 e. The lowest BCUT2D eigenvalue weighted by molar-refractivity contribution is 1.49. The molecule has 4 nitrogen and oxygen atoms in total. The van der Waals surface area contributed by atoms with Crippen LogP contribution in [-0.2, 0) is 0 Å². The second-order valence-corrected chi connectivity index (χ2v) is 3.44. The van der Waals surface area contributed by atoms with E-state index >= 15 is 0 Å². The third kappa shape index (κ3) is 2.71. The molecule has 0 bridgehead atoms. The first-order valence-electron chi connectivity index (χ1n) is 5.13. The van der Waals surface area contributed by atoms with Crippen LogP contribution >= 0.6 is 0 Å². The molecule has 0 aliphatic carbocycles. The summed E-state index contributed by atoms with van der Waals surface area (Å²) in [7, 11) is 0. The monoisotopic (exact) mass is 224 g/mol. The van der Waals surface area contributed by atoms with Gasteiger partial charge in [-0.25, -0.2) is 0 Å². The number of rotatable bonds is 2. The molecule has 0 atom stereocenters. The topological polar surface area (TPSA) is 76.8 Å². The number of aliphatic imine (C=N–C) groups is 2. The number of para-hydroxylation sites is 4. The van der Waals surface area contributed by atoms with Crippen LogP contribution < -0.4 is 11.5 Å². The van der Waals surface area contributed by atoms with Crippen molar-refractivity contribution in [3.8, 4) is 0 Å². The van der Waals surface area contributed by atoms with Crippen molar-refractivity contribution in [3.05, 3.63) is 48.5 Å². The Morgan fingerprint density at radius 2 is 1.12 bits per heavy atom. The standard InChI is InChI=1S/C13H12N4/c14-10-5-1-3-7-12(10)16-9-17-13-8-4-2-6-11(13)15/h1-8H,14-15H2. The zero-order chi connectivity index (χ0) is 12.1. The minimum absolute atomic E-state index is 0.594. The second-order valence-electron chi connectivity index (χ2n) is 3.44. The van der Waals surface area contributed by atoms with Crippen LogP contribution in [0.5, 0.6) is 0 Å².